The van der Waals surface area contributed by atoms with Crippen molar-refractivity contribution in [2.75, 3.05) is 11.8 Å². The molecule has 0 unspecified atom stereocenters. The van der Waals surface area contributed by atoms with Gasteiger partial charge in [0.15, 0.2) is 0 Å². The fourth-order valence-electron chi connectivity index (χ4n) is 1.87. The molecular weight excluding hydrogens is 388 g/mol. The van der Waals surface area contributed by atoms with Gasteiger partial charge < -0.3 is 4.74 Å². The summed E-state index contributed by atoms with van der Waals surface area (Å²) in [4.78, 5) is -0.417. The van der Waals surface area contributed by atoms with Gasteiger partial charge in [-0.2, -0.15) is 8.42 Å². The van der Waals surface area contributed by atoms with Crippen LogP contribution >= 0.6 is 11.6 Å². The third kappa shape index (κ3) is 5.11. The molecule has 0 spiro atoms. The molecule has 0 amide bonds. The second-order valence-electron chi connectivity index (χ2n) is 4.72. The van der Waals surface area contributed by atoms with Crippen LogP contribution in [0.4, 0.5) is 5.69 Å². The van der Waals surface area contributed by atoms with Crippen molar-refractivity contribution < 1.29 is 21.6 Å². The number of para-hydroxylation sites is 1. The van der Waals surface area contributed by atoms with E-state index in [1.807, 2.05) is 5.25 Å². The van der Waals surface area contributed by atoms with Crippen molar-refractivity contribution in [1.82, 2.24) is 0 Å². The predicted molar refractivity (Wildman–Crippen MR) is 95.2 cm³/mol. The highest BCUT2D eigenvalue weighted by atomic mass is 35.5. The number of nitrogens with one attached hydrogen (secondary N) is 1. The van der Waals surface area contributed by atoms with Crippen LogP contribution < -0.4 is 14.6 Å². The first-order valence-corrected chi connectivity index (χ1v) is 10.0. The summed E-state index contributed by atoms with van der Waals surface area (Å²) in [6.07, 6.45) is 0. The molecule has 0 aromatic heterocycles. The highest BCUT2D eigenvalue weighted by Gasteiger charge is 2.18. The molecule has 132 valence electrons. The predicted octanol–water partition coefficient (Wildman–Crippen LogP) is 1.75. The maximum Gasteiger partial charge on any atom is 0.302 e. The number of ether oxygens (including phenoxy) is 1. The molecule has 0 fully saturated rings. The minimum absolute atomic E-state index is 0.128. The van der Waals surface area contributed by atoms with Crippen molar-refractivity contribution in [3.63, 3.8) is 0 Å². The van der Waals surface area contributed by atoms with E-state index in [-0.39, 0.29) is 10.7 Å². The fraction of sp³-hybridized carbons (Fsp3) is 0.0667. The zero-order chi connectivity index (χ0) is 18.7. The summed E-state index contributed by atoms with van der Waals surface area (Å²) in [7, 11) is -6.93. The number of hydrogen-bond acceptors (Lipinski definition) is 5. The van der Waals surface area contributed by atoms with Crippen molar-refractivity contribution in [2.45, 2.75) is 4.90 Å². The number of methoxy groups -OCH3 is 1. The lowest BCUT2D eigenvalue weighted by atomic mass is 10.2. The Bertz CT molecular complexity index is 1070. The molecule has 0 aliphatic heterocycles. The quantitative estimate of drug-likeness (QED) is 0.758. The van der Waals surface area contributed by atoms with E-state index in [4.69, 9.17) is 21.5 Å². The molecule has 0 atom stereocenters. The van der Waals surface area contributed by atoms with Crippen molar-refractivity contribution >= 4 is 37.3 Å². The van der Waals surface area contributed by atoms with E-state index in [1.54, 1.807) is 24.3 Å². The molecule has 0 saturated heterocycles. The van der Waals surface area contributed by atoms with Crippen molar-refractivity contribution in [3.8, 4) is 16.9 Å². The van der Waals surface area contributed by atoms with Crippen molar-refractivity contribution in [2.24, 2.45) is 5.14 Å². The maximum absolute atomic E-state index is 12.2. The topological polar surface area (TPSA) is 116 Å². The Labute approximate surface area is 150 Å². The van der Waals surface area contributed by atoms with Gasteiger partial charge in [-0.15, -0.1) is 0 Å². The molecule has 0 aliphatic carbocycles. The van der Waals surface area contributed by atoms with Crippen LogP contribution in [0, 0.1) is 11.2 Å². The van der Waals surface area contributed by atoms with E-state index >= 15 is 0 Å². The number of nitrogens with two attached hydrogens (primary N) is 1. The summed E-state index contributed by atoms with van der Waals surface area (Å²) in [5.41, 5.74) is 0.0671. The van der Waals surface area contributed by atoms with Gasteiger partial charge in [-0.25, -0.2) is 13.6 Å². The third-order valence-corrected chi connectivity index (χ3v) is 4.98. The number of benzene rings is 2. The zero-order valence-electron chi connectivity index (χ0n) is 12.9. The van der Waals surface area contributed by atoms with Gasteiger partial charge in [-0.1, -0.05) is 23.7 Å². The minimum atomic E-state index is -4.20. The summed E-state index contributed by atoms with van der Waals surface area (Å²) < 4.78 is 54.6. The smallest absolute Gasteiger partial charge is 0.302 e. The molecule has 0 saturated carbocycles. The average Bonchev–Trinajstić information content (AvgIpc) is 2.51. The first-order chi connectivity index (χ1) is 11.6. The standard InChI is InChI=1S/C15H13ClN2O5S2/c1-23-14-5-3-2-4-11(14)8-9-24(19,20)18-13-10-12(16)6-7-15(13)25(17,21)22/h2-7,10,18H,1H3,(H2,17,21,22). The second-order valence-corrected chi connectivity index (χ2v) is 8.10. The first-order valence-electron chi connectivity index (χ1n) is 6.63. The zero-order valence-corrected chi connectivity index (χ0v) is 15.2. The molecule has 3 N–H and O–H groups in total. The SMILES string of the molecule is COc1ccccc1C#CS(=O)(=O)Nc1cc(Cl)ccc1S(N)(=O)=O. The molecule has 0 aliphatic rings. The van der Waals surface area contributed by atoms with Crippen LogP contribution in [0.25, 0.3) is 0 Å². The van der Waals surface area contributed by atoms with E-state index < -0.39 is 24.9 Å². The normalized spacial score (nSPS) is 11.3. The van der Waals surface area contributed by atoms with Gasteiger partial charge in [0, 0.05) is 5.02 Å². The van der Waals surface area contributed by atoms with Crippen LogP contribution in [0.3, 0.4) is 0 Å². The Kier molecular flexibility index (Phi) is 5.59. The van der Waals surface area contributed by atoms with Crippen LogP contribution in [0.1, 0.15) is 5.56 Å². The summed E-state index contributed by atoms with van der Waals surface area (Å²) >= 11 is 5.79. The molecule has 0 heterocycles. The van der Waals surface area contributed by atoms with E-state index in [2.05, 4.69) is 10.6 Å². The number of sulfonamides is 2. The molecule has 7 nitrogen and oxygen atoms in total. The fourth-order valence-corrected chi connectivity index (χ4v) is 3.54. The van der Waals surface area contributed by atoms with Gasteiger partial charge in [0.1, 0.15) is 10.6 Å². The molecule has 10 heteroatoms. The summed E-state index contributed by atoms with van der Waals surface area (Å²) in [6, 6.07) is 10.1. The lowest BCUT2D eigenvalue weighted by Crippen LogP contribution is -2.17. The highest BCUT2D eigenvalue weighted by Crippen LogP contribution is 2.25. The van der Waals surface area contributed by atoms with Gasteiger partial charge in [0.2, 0.25) is 10.0 Å². The third-order valence-electron chi connectivity index (χ3n) is 2.92. The van der Waals surface area contributed by atoms with Crippen LogP contribution in [0.5, 0.6) is 5.75 Å². The summed E-state index contributed by atoms with van der Waals surface area (Å²) in [5.74, 6) is 2.86. The first kappa shape index (κ1) is 19.1. The average molecular weight is 401 g/mol. The molecular formula is C15H13ClN2O5S2. The van der Waals surface area contributed by atoms with Gasteiger partial charge in [-0.05, 0) is 36.3 Å². The monoisotopic (exact) mass is 400 g/mol. The number of primary sulfonamides is 1. The highest BCUT2D eigenvalue weighted by molar-refractivity contribution is 7.97. The Morgan fingerprint density at radius 2 is 1.80 bits per heavy atom. The van der Waals surface area contributed by atoms with Gasteiger partial charge >= 0.3 is 10.0 Å². The Hall–Kier alpha value is -2.25. The van der Waals surface area contributed by atoms with Crippen LogP contribution in [0.15, 0.2) is 47.4 Å². The van der Waals surface area contributed by atoms with E-state index in [0.29, 0.717) is 11.3 Å². The number of rotatable bonds is 4. The van der Waals surface area contributed by atoms with Gasteiger partial charge in [-0.3, -0.25) is 4.72 Å². The van der Waals surface area contributed by atoms with Gasteiger partial charge in [0.05, 0.1) is 23.6 Å². The minimum Gasteiger partial charge on any atom is -0.495 e. The second kappa shape index (κ2) is 7.33. The van der Waals surface area contributed by atoms with Crippen LogP contribution in [-0.4, -0.2) is 23.9 Å². The molecule has 25 heavy (non-hydrogen) atoms. The largest absolute Gasteiger partial charge is 0.495 e. The van der Waals surface area contributed by atoms with Crippen molar-refractivity contribution in [1.29, 1.82) is 0 Å². The lowest BCUT2D eigenvalue weighted by molar-refractivity contribution is 0.413. The molecule has 0 radical (unpaired) electrons. The molecule has 2 aromatic rings. The van der Waals surface area contributed by atoms with E-state index in [0.717, 1.165) is 12.1 Å². The van der Waals surface area contributed by atoms with Crippen molar-refractivity contribution in [3.05, 3.63) is 53.1 Å². The van der Waals surface area contributed by atoms with E-state index in [1.165, 1.54) is 13.2 Å². The maximum atomic E-state index is 12.2. The van der Waals surface area contributed by atoms with E-state index in [9.17, 15) is 16.8 Å². The van der Waals surface area contributed by atoms with Crippen LogP contribution in [0.2, 0.25) is 5.02 Å². The molecule has 2 aromatic carbocycles. The number of halogens is 1. The number of hydrogen-bond donors (Lipinski definition) is 2. The Morgan fingerprint density at radius 1 is 1.12 bits per heavy atom. The van der Waals surface area contributed by atoms with Gasteiger partial charge in [0.25, 0.3) is 0 Å². The lowest BCUT2D eigenvalue weighted by Gasteiger charge is -2.08. The molecule has 2 rings (SSSR count). The van der Waals surface area contributed by atoms with Crippen LogP contribution in [-0.2, 0) is 20.0 Å². The summed E-state index contributed by atoms with van der Waals surface area (Å²) in [5, 5.41) is 7.25. The Morgan fingerprint density at radius 3 is 2.44 bits per heavy atom. The summed E-state index contributed by atoms with van der Waals surface area (Å²) in [6.45, 7) is 0. The number of anilines is 1. The Balaban J connectivity index is 2.42. The molecule has 0 bridgehead atoms.